The molecule has 6 nitrogen and oxygen atoms in total. The van der Waals surface area contributed by atoms with Crippen LogP contribution in [0.3, 0.4) is 0 Å². The Morgan fingerprint density at radius 2 is 2.19 bits per heavy atom. The Morgan fingerprint density at radius 1 is 1.44 bits per heavy atom. The second-order valence-electron chi connectivity index (χ2n) is 3.11. The molecule has 0 atom stereocenters. The molecule has 0 fully saturated rings. The maximum absolute atomic E-state index is 10.9. The van der Waals surface area contributed by atoms with Crippen LogP contribution in [-0.4, -0.2) is 28.1 Å². The van der Waals surface area contributed by atoms with E-state index in [9.17, 15) is 4.79 Å². The molecule has 2 N–H and O–H groups in total. The molecule has 1 heterocycles. The quantitative estimate of drug-likeness (QED) is 0.454. The van der Waals surface area contributed by atoms with Crippen molar-refractivity contribution >= 4 is 28.9 Å². The van der Waals surface area contributed by atoms with Gasteiger partial charge in [0.05, 0.1) is 13.3 Å². The molecule has 0 saturated heterocycles. The monoisotopic (exact) mass is 218 g/mol. The minimum absolute atomic E-state index is 0.458. The van der Waals surface area contributed by atoms with Crippen molar-refractivity contribution in [2.45, 2.75) is 0 Å². The van der Waals surface area contributed by atoms with E-state index in [4.69, 9.17) is 5.73 Å². The van der Waals surface area contributed by atoms with E-state index in [-0.39, 0.29) is 0 Å². The van der Waals surface area contributed by atoms with Crippen LogP contribution in [0.25, 0.3) is 17.2 Å². The lowest BCUT2D eigenvalue weighted by Crippen LogP contribution is -1.97. The van der Waals surface area contributed by atoms with Gasteiger partial charge in [0.25, 0.3) is 0 Å². The highest BCUT2D eigenvalue weighted by molar-refractivity contribution is 5.85. The van der Waals surface area contributed by atoms with Crippen LogP contribution in [0, 0.1) is 0 Å². The number of esters is 1. The fourth-order valence-electron chi connectivity index (χ4n) is 1.21. The number of nitrogens with two attached hydrogens (primary N) is 1. The van der Waals surface area contributed by atoms with Crippen LogP contribution in [0.1, 0.15) is 0 Å². The van der Waals surface area contributed by atoms with Crippen LogP contribution in [0.2, 0.25) is 0 Å². The van der Waals surface area contributed by atoms with Crippen molar-refractivity contribution < 1.29 is 9.53 Å². The molecule has 0 amide bonds. The molecular formula is C10H10N4O2. The third-order valence-corrected chi connectivity index (χ3v) is 1.96. The molecule has 2 rings (SSSR count). The van der Waals surface area contributed by atoms with Crippen LogP contribution >= 0.6 is 0 Å². The predicted molar refractivity (Wildman–Crippen MR) is 59.3 cm³/mol. The largest absolute Gasteiger partial charge is 0.466 e. The van der Waals surface area contributed by atoms with Gasteiger partial charge in [-0.05, 0) is 18.2 Å². The van der Waals surface area contributed by atoms with E-state index in [2.05, 4.69) is 14.9 Å². The van der Waals surface area contributed by atoms with Gasteiger partial charge in [-0.3, -0.25) is 0 Å². The molecule has 0 spiro atoms. The Balaban J connectivity index is 2.33. The van der Waals surface area contributed by atoms with Crippen LogP contribution in [-0.2, 0) is 9.53 Å². The topological polar surface area (TPSA) is 83.0 Å². The molecule has 82 valence electrons. The first kappa shape index (κ1) is 10.2. The van der Waals surface area contributed by atoms with Gasteiger partial charge in [0.1, 0.15) is 11.0 Å². The number of fused-ring (bicyclic) bond motifs is 1. The van der Waals surface area contributed by atoms with Crippen molar-refractivity contribution in [1.29, 1.82) is 0 Å². The molecule has 16 heavy (non-hydrogen) atoms. The second kappa shape index (κ2) is 4.01. The summed E-state index contributed by atoms with van der Waals surface area (Å²) < 4.78 is 4.45. The number of hydrogen-bond donors (Lipinski definition) is 1. The summed E-state index contributed by atoms with van der Waals surface area (Å²) in [6.07, 6.45) is 2.66. The van der Waals surface area contributed by atoms with Gasteiger partial charge in [-0.2, -0.15) is 4.80 Å². The number of aromatic nitrogens is 3. The van der Waals surface area contributed by atoms with Gasteiger partial charge in [-0.15, -0.1) is 10.2 Å². The van der Waals surface area contributed by atoms with Crippen LogP contribution in [0.5, 0.6) is 0 Å². The third-order valence-electron chi connectivity index (χ3n) is 1.96. The van der Waals surface area contributed by atoms with Crippen molar-refractivity contribution in [1.82, 2.24) is 15.0 Å². The summed E-state index contributed by atoms with van der Waals surface area (Å²) in [5.74, 6) is -0.458. The number of ether oxygens (including phenoxy) is 1. The summed E-state index contributed by atoms with van der Waals surface area (Å²) in [6.45, 7) is 0. The molecule has 0 saturated carbocycles. The average Bonchev–Trinajstić information content (AvgIpc) is 2.67. The molecule has 0 aliphatic rings. The van der Waals surface area contributed by atoms with E-state index in [0.29, 0.717) is 16.7 Å². The maximum Gasteiger partial charge on any atom is 0.332 e. The normalized spacial score (nSPS) is 11.1. The van der Waals surface area contributed by atoms with Crippen molar-refractivity contribution in [3.8, 4) is 0 Å². The minimum atomic E-state index is -0.458. The van der Waals surface area contributed by atoms with Crippen LogP contribution < -0.4 is 5.73 Å². The van der Waals surface area contributed by atoms with Crippen LogP contribution in [0.15, 0.2) is 24.3 Å². The zero-order valence-electron chi connectivity index (χ0n) is 8.62. The van der Waals surface area contributed by atoms with E-state index in [0.717, 1.165) is 0 Å². The fourth-order valence-corrected chi connectivity index (χ4v) is 1.21. The Morgan fingerprint density at radius 3 is 2.94 bits per heavy atom. The number of nitrogens with zero attached hydrogens (tertiary/aromatic N) is 3. The van der Waals surface area contributed by atoms with Crippen molar-refractivity contribution in [3.05, 3.63) is 24.3 Å². The first-order valence-corrected chi connectivity index (χ1v) is 4.57. The number of hydrogen-bond acceptors (Lipinski definition) is 5. The maximum atomic E-state index is 10.9. The summed E-state index contributed by atoms with van der Waals surface area (Å²) >= 11 is 0. The van der Waals surface area contributed by atoms with Crippen LogP contribution in [0.4, 0.5) is 5.69 Å². The molecule has 0 radical (unpaired) electrons. The smallest absolute Gasteiger partial charge is 0.332 e. The summed E-state index contributed by atoms with van der Waals surface area (Å²) in [5.41, 5.74) is 7.62. The lowest BCUT2D eigenvalue weighted by atomic mass is 10.3. The molecular weight excluding hydrogens is 208 g/mol. The first-order valence-electron chi connectivity index (χ1n) is 4.57. The summed E-state index contributed by atoms with van der Waals surface area (Å²) in [4.78, 5) is 12.1. The zero-order chi connectivity index (χ0) is 11.5. The summed E-state index contributed by atoms with van der Waals surface area (Å²) in [6, 6.07) is 5.22. The third kappa shape index (κ3) is 2.00. The van der Waals surface area contributed by atoms with Gasteiger partial charge in [-0.25, -0.2) is 4.79 Å². The highest BCUT2D eigenvalue weighted by atomic mass is 16.5. The molecule has 2 aromatic rings. The number of rotatable bonds is 2. The van der Waals surface area contributed by atoms with Crippen molar-refractivity contribution in [3.63, 3.8) is 0 Å². The average molecular weight is 218 g/mol. The first-order chi connectivity index (χ1) is 7.69. The Kier molecular flexibility index (Phi) is 2.55. The lowest BCUT2D eigenvalue weighted by Gasteiger charge is -1.89. The van der Waals surface area contributed by atoms with E-state index in [1.165, 1.54) is 24.2 Å². The summed E-state index contributed by atoms with van der Waals surface area (Å²) in [7, 11) is 1.31. The molecule has 1 aromatic heterocycles. The SMILES string of the molecule is COC(=O)/C=C/n1nc2ccc(N)cc2n1. The number of nitrogen functional groups attached to an aromatic ring is 1. The fraction of sp³-hybridized carbons (Fsp3) is 0.100. The highest BCUT2D eigenvalue weighted by Crippen LogP contribution is 2.12. The molecule has 0 aliphatic carbocycles. The summed E-state index contributed by atoms with van der Waals surface area (Å²) in [5, 5.41) is 8.23. The zero-order valence-corrected chi connectivity index (χ0v) is 8.62. The Bertz CT molecular complexity index is 559. The number of carbonyl (C=O) groups is 1. The number of benzene rings is 1. The Hall–Kier alpha value is -2.37. The highest BCUT2D eigenvalue weighted by Gasteiger charge is 2.00. The molecule has 0 unspecified atom stereocenters. The van der Waals surface area contributed by atoms with E-state index in [1.807, 2.05) is 0 Å². The second-order valence-corrected chi connectivity index (χ2v) is 3.11. The van der Waals surface area contributed by atoms with Crippen molar-refractivity contribution in [2.75, 3.05) is 12.8 Å². The molecule has 6 heteroatoms. The predicted octanol–water partition coefficient (Wildman–Crippen LogP) is 0.657. The number of methoxy groups -OCH3 is 1. The molecule has 0 bridgehead atoms. The van der Waals surface area contributed by atoms with Gasteiger partial charge < -0.3 is 10.5 Å². The van der Waals surface area contributed by atoms with Gasteiger partial charge in [0, 0.05) is 11.8 Å². The molecule has 1 aromatic carbocycles. The standard InChI is InChI=1S/C10H10N4O2/c1-16-10(15)4-5-14-12-8-3-2-7(11)6-9(8)13-14/h2-6H,11H2,1H3/b5-4+. The Labute approximate surface area is 91.3 Å². The minimum Gasteiger partial charge on any atom is -0.466 e. The van der Waals surface area contributed by atoms with Crippen molar-refractivity contribution in [2.24, 2.45) is 0 Å². The van der Waals surface area contributed by atoms with Gasteiger partial charge in [-0.1, -0.05) is 0 Å². The van der Waals surface area contributed by atoms with Gasteiger partial charge in [0.15, 0.2) is 0 Å². The van der Waals surface area contributed by atoms with Gasteiger partial charge >= 0.3 is 5.97 Å². The van der Waals surface area contributed by atoms with Gasteiger partial charge in [0.2, 0.25) is 0 Å². The van der Waals surface area contributed by atoms with E-state index >= 15 is 0 Å². The van der Waals surface area contributed by atoms with E-state index in [1.54, 1.807) is 18.2 Å². The lowest BCUT2D eigenvalue weighted by molar-refractivity contribution is -0.134. The number of anilines is 1. The molecule has 0 aliphatic heterocycles. The number of carbonyl (C=O) groups excluding carboxylic acids is 1. The van der Waals surface area contributed by atoms with E-state index < -0.39 is 5.97 Å².